The van der Waals surface area contributed by atoms with Crippen molar-refractivity contribution in [1.29, 1.82) is 0 Å². The zero-order valence-corrected chi connectivity index (χ0v) is 15.8. The van der Waals surface area contributed by atoms with Gasteiger partial charge >= 0.3 is 0 Å². The van der Waals surface area contributed by atoms with Crippen molar-refractivity contribution in [3.8, 4) is 17.2 Å². The number of hydrazine groups is 1. The molecule has 2 aromatic carbocycles. The number of carbonyl (C=O) groups is 3. The largest absolute Gasteiger partial charge is 0.494 e. The maximum absolute atomic E-state index is 12.1. The number of nitrogens with zero attached hydrogens (tertiary/aromatic N) is 1. The molecule has 29 heavy (non-hydrogen) atoms. The maximum atomic E-state index is 12.1. The third kappa shape index (κ3) is 5.38. The highest BCUT2D eigenvalue weighted by Crippen LogP contribution is 2.31. The van der Waals surface area contributed by atoms with Gasteiger partial charge in [-0.15, -0.1) is 0 Å². The lowest BCUT2D eigenvalue weighted by molar-refractivity contribution is -0.130. The number of hydrogen-bond donors (Lipinski definition) is 2. The van der Waals surface area contributed by atoms with Crippen LogP contribution in [0.15, 0.2) is 48.5 Å². The van der Waals surface area contributed by atoms with Crippen molar-refractivity contribution >= 4 is 23.4 Å². The third-order valence-corrected chi connectivity index (χ3v) is 3.96. The molecule has 3 amide bonds. The van der Waals surface area contributed by atoms with Gasteiger partial charge in [0, 0.05) is 0 Å². The van der Waals surface area contributed by atoms with Gasteiger partial charge in [0.15, 0.2) is 13.2 Å². The Kier molecular flexibility index (Phi) is 6.51. The van der Waals surface area contributed by atoms with Crippen molar-refractivity contribution in [2.24, 2.45) is 0 Å². The van der Waals surface area contributed by atoms with Crippen molar-refractivity contribution in [2.45, 2.75) is 6.92 Å². The molecule has 0 radical (unpaired) electrons. The summed E-state index contributed by atoms with van der Waals surface area (Å²) in [6, 6.07) is 13.7. The van der Waals surface area contributed by atoms with Crippen LogP contribution < -0.4 is 30.0 Å². The van der Waals surface area contributed by atoms with Crippen LogP contribution in [0.25, 0.3) is 0 Å². The number of benzene rings is 2. The predicted molar refractivity (Wildman–Crippen MR) is 104 cm³/mol. The number of ether oxygens (including phenoxy) is 3. The van der Waals surface area contributed by atoms with Crippen molar-refractivity contribution in [3.63, 3.8) is 0 Å². The molecule has 0 saturated heterocycles. The molecule has 0 spiro atoms. The van der Waals surface area contributed by atoms with Crippen LogP contribution in [0.3, 0.4) is 0 Å². The van der Waals surface area contributed by atoms with Gasteiger partial charge < -0.3 is 14.2 Å². The average molecular weight is 399 g/mol. The van der Waals surface area contributed by atoms with Gasteiger partial charge in [0.2, 0.25) is 0 Å². The van der Waals surface area contributed by atoms with Gasteiger partial charge in [0.05, 0.1) is 12.3 Å². The molecule has 9 nitrogen and oxygen atoms in total. The number of para-hydroxylation sites is 2. The van der Waals surface area contributed by atoms with Crippen LogP contribution in [0, 0.1) is 0 Å². The van der Waals surface area contributed by atoms with Gasteiger partial charge in [-0.2, -0.15) is 0 Å². The molecule has 0 saturated carbocycles. The Morgan fingerprint density at radius 3 is 2.38 bits per heavy atom. The predicted octanol–water partition coefficient (Wildman–Crippen LogP) is 1.04. The molecule has 0 atom stereocenters. The highest BCUT2D eigenvalue weighted by molar-refractivity contribution is 6.02. The van der Waals surface area contributed by atoms with E-state index in [4.69, 9.17) is 14.2 Å². The number of carbonyl (C=O) groups excluding carboxylic acids is 3. The topological polar surface area (TPSA) is 106 Å². The van der Waals surface area contributed by atoms with Crippen molar-refractivity contribution in [2.75, 3.05) is 31.3 Å². The first-order valence-corrected chi connectivity index (χ1v) is 9.02. The van der Waals surface area contributed by atoms with Crippen LogP contribution in [-0.4, -0.2) is 44.1 Å². The number of anilines is 1. The minimum atomic E-state index is -0.551. The average Bonchev–Trinajstić information content (AvgIpc) is 2.74. The standard InChI is InChI=1S/C20H21N3O6/c1-2-27-14-7-9-15(10-8-14)28-12-19(25)22-21-18(24)11-23-16-5-3-4-6-17(16)29-13-20(23)26/h3-10H,2,11-13H2,1H3,(H,21,24)(H,22,25). The molecule has 152 valence electrons. The summed E-state index contributed by atoms with van der Waals surface area (Å²) >= 11 is 0. The Balaban J connectivity index is 1.44. The number of nitrogens with one attached hydrogen (secondary N) is 2. The lowest BCUT2D eigenvalue weighted by Gasteiger charge is -2.28. The van der Waals surface area contributed by atoms with E-state index >= 15 is 0 Å². The fourth-order valence-corrected chi connectivity index (χ4v) is 2.63. The lowest BCUT2D eigenvalue weighted by Crippen LogP contribution is -2.50. The molecule has 0 unspecified atom stereocenters. The number of hydrogen-bond acceptors (Lipinski definition) is 6. The normalized spacial score (nSPS) is 12.4. The summed E-state index contributed by atoms with van der Waals surface area (Å²) in [7, 11) is 0. The monoisotopic (exact) mass is 399 g/mol. The molecule has 0 fully saturated rings. The second-order valence-corrected chi connectivity index (χ2v) is 6.03. The fraction of sp³-hybridized carbons (Fsp3) is 0.250. The van der Waals surface area contributed by atoms with E-state index in [1.807, 2.05) is 6.92 Å². The first-order chi connectivity index (χ1) is 14.1. The minimum Gasteiger partial charge on any atom is -0.494 e. The molecule has 0 aliphatic carbocycles. The fourth-order valence-electron chi connectivity index (χ4n) is 2.63. The molecule has 1 heterocycles. The van der Waals surface area contributed by atoms with Crippen LogP contribution in [0.5, 0.6) is 17.2 Å². The molecular weight excluding hydrogens is 378 g/mol. The second kappa shape index (κ2) is 9.45. The second-order valence-electron chi connectivity index (χ2n) is 6.03. The van der Waals surface area contributed by atoms with Gasteiger partial charge in [0.1, 0.15) is 23.8 Å². The van der Waals surface area contributed by atoms with Gasteiger partial charge in [0.25, 0.3) is 17.7 Å². The summed E-state index contributed by atoms with van der Waals surface area (Å²) in [6.07, 6.45) is 0. The number of fused-ring (bicyclic) bond motifs is 1. The van der Waals surface area contributed by atoms with E-state index in [1.165, 1.54) is 4.90 Å². The van der Waals surface area contributed by atoms with Crippen LogP contribution in [0.2, 0.25) is 0 Å². The summed E-state index contributed by atoms with van der Waals surface area (Å²) in [5.74, 6) is 0.281. The third-order valence-electron chi connectivity index (χ3n) is 3.96. The quantitative estimate of drug-likeness (QED) is 0.674. The Morgan fingerprint density at radius 1 is 1.00 bits per heavy atom. The first kappa shape index (κ1) is 20.0. The SMILES string of the molecule is CCOc1ccc(OCC(=O)NNC(=O)CN2C(=O)COc3ccccc32)cc1. The molecule has 1 aliphatic heterocycles. The van der Waals surface area contributed by atoms with Crippen LogP contribution in [0.1, 0.15) is 6.92 Å². The molecule has 3 rings (SSSR count). The van der Waals surface area contributed by atoms with Crippen molar-refractivity contribution < 1.29 is 28.6 Å². The van der Waals surface area contributed by atoms with E-state index in [0.717, 1.165) is 0 Å². The van der Waals surface area contributed by atoms with Crippen LogP contribution >= 0.6 is 0 Å². The van der Waals surface area contributed by atoms with Gasteiger partial charge in [-0.25, -0.2) is 0 Å². The zero-order chi connectivity index (χ0) is 20.6. The van der Waals surface area contributed by atoms with Crippen molar-refractivity contribution in [1.82, 2.24) is 10.9 Å². The number of rotatable bonds is 7. The lowest BCUT2D eigenvalue weighted by atomic mass is 10.2. The summed E-state index contributed by atoms with van der Waals surface area (Å²) < 4.78 is 16.0. The van der Waals surface area contributed by atoms with E-state index in [9.17, 15) is 14.4 Å². The van der Waals surface area contributed by atoms with E-state index in [1.54, 1.807) is 48.5 Å². The van der Waals surface area contributed by atoms with Crippen molar-refractivity contribution in [3.05, 3.63) is 48.5 Å². The first-order valence-electron chi connectivity index (χ1n) is 9.02. The summed E-state index contributed by atoms with van der Waals surface area (Å²) in [6.45, 7) is 1.76. The Hall–Kier alpha value is -3.75. The van der Waals surface area contributed by atoms with E-state index in [2.05, 4.69) is 10.9 Å². The maximum Gasteiger partial charge on any atom is 0.276 e. The molecular formula is C20H21N3O6. The molecule has 2 aromatic rings. The summed E-state index contributed by atoms with van der Waals surface area (Å²) in [4.78, 5) is 37.4. The molecule has 0 bridgehead atoms. The van der Waals surface area contributed by atoms with Crippen LogP contribution in [0.4, 0.5) is 5.69 Å². The highest BCUT2D eigenvalue weighted by atomic mass is 16.5. The Labute approximate surface area is 167 Å². The van der Waals surface area contributed by atoms with E-state index < -0.39 is 11.8 Å². The van der Waals surface area contributed by atoms with Crippen LogP contribution in [-0.2, 0) is 14.4 Å². The van der Waals surface area contributed by atoms with Gasteiger partial charge in [-0.05, 0) is 43.3 Å². The summed E-state index contributed by atoms with van der Waals surface area (Å²) in [5.41, 5.74) is 5.03. The van der Waals surface area contributed by atoms with Gasteiger partial charge in [-0.1, -0.05) is 12.1 Å². The van der Waals surface area contributed by atoms with E-state index in [-0.39, 0.29) is 25.7 Å². The molecule has 9 heteroatoms. The smallest absolute Gasteiger partial charge is 0.276 e. The number of amides is 3. The van der Waals surface area contributed by atoms with Gasteiger partial charge in [-0.3, -0.25) is 30.1 Å². The molecule has 1 aliphatic rings. The molecule has 2 N–H and O–H groups in total. The minimum absolute atomic E-state index is 0.146. The highest BCUT2D eigenvalue weighted by Gasteiger charge is 2.27. The Morgan fingerprint density at radius 2 is 1.66 bits per heavy atom. The molecule has 0 aromatic heterocycles. The zero-order valence-electron chi connectivity index (χ0n) is 15.8. The Bertz CT molecular complexity index is 884. The summed E-state index contributed by atoms with van der Waals surface area (Å²) in [5, 5.41) is 0. The van der Waals surface area contributed by atoms with E-state index in [0.29, 0.717) is 29.5 Å².